The van der Waals surface area contributed by atoms with E-state index in [2.05, 4.69) is 22.4 Å². The summed E-state index contributed by atoms with van der Waals surface area (Å²) in [6.07, 6.45) is 3.88. The van der Waals surface area contributed by atoms with Crippen LogP contribution in [0.15, 0.2) is 54.2 Å². The highest BCUT2D eigenvalue weighted by molar-refractivity contribution is 7.15. The van der Waals surface area contributed by atoms with Crippen LogP contribution >= 0.6 is 11.3 Å². The van der Waals surface area contributed by atoms with E-state index in [-0.39, 0.29) is 0 Å². The van der Waals surface area contributed by atoms with E-state index < -0.39 is 0 Å². The highest BCUT2D eigenvalue weighted by Gasteiger charge is 2.17. The number of aryl methyl sites for hydroxylation is 1. The molecule has 0 spiro atoms. The lowest BCUT2D eigenvalue weighted by atomic mass is 10.1. The van der Waals surface area contributed by atoms with E-state index in [1.54, 1.807) is 18.4 Å². The second kappa shape index (κ2) is 5.52. The highest BCUT2D eigenvalue weighted by Crippen LogP contribution is 2.34. The molecule has 0 N–H and O–H groups in total. The summed E-state index contributed by atoms with van der Waals surface area (Å²) >= 11 is 1.62. The van der Waals surface area contributed by atoms with Crippen molar-refractivity contribution in [1.82, 2.24) is 14.4 Å². The van der Waals surface area contributed by atoms with E-state index in [0.29, 0.717) is 0 Å². The van der Waals surface area contributed by atoms with Crippen molar-refractivity contribution < 1.29 is 4.74 Å². The van der Waals surface area contributed by atoms with Crippen molar-refractivity contribution in [3.05, 3.63) is 59.7 Å². The number of fused-ring (bicyclic) bond motifs is 1. The number of benzene rings is 1. The lowest BCUT2D eigenvalue weighted by Crippen LogP contribution is -1.91. The molecule has 0 saturated carbocycles. The Morgan fingerprint density at radius 3 is 2.70 bits per heavy atom. The number of rotatable bonds is 3. The molecule has 0 amide bonds. The van der Waals surface area contributed by atoms with Crippen molar-refractivity contribution in [2.45, 2.75) is 6.92 Å². The van der Waals surface area contributed by atoms with Gasteiger partial charge in [-0.3, -0.25) is 9.38 Å². The minimum atomic E-state index is 0.838. The molecule has 1 aromatic carbocycles. The van der Waals surface area contributed by atoms with Crippen LogP contribution in [-0.2, 0) is 0 Å². The lowest BCUT2D eigenvalue weighted by molar-refractivity contribution is 0.415. The Balaban J connectivity index is 1.95. The van der Waals surface area contributed by atoms with Gasteiger partial charge in [0.15, 0.2) is 4.96 Å². The molecule has 0 saturated heterocycles. The first-order chi connectivity index (χ1) is 11.3. The van der Waals surface area contributed by atoms with Gasteiger partial charge in [-0.05, 0) is 48.9 Å². The van der Waals surface area contributed by atoms with Gasteiger partial charge in [0, 0.05) is 23.3 Å². The van der Waals surface area contributed by atoms with Gasteiger partial charge in [-0.2, -0.15) is 0 Å². The van der Waals surface area contributed by atoms with Crippen LogP contribution in [0.1, 0.15) is 5.56 Å². The van der Waals surface area contributed by atoms with Gasteiger partial charge in [-0.1, -0.05) is 0 Å². The number of ether oxygens (including phenoxy) is 1. The maximum absolute atomic E-state index is 5.24. The third-order valence-electron chi connectivity index (χ3n) is 3.78. The first-order valence-corrected chi connectivity index (χ1v) is 8.17. The fourth-order valence-corrected chi connectivity index (χ4v) is 3.36. The first kappa shape index (κ1) is 14.0. The fraction of sp³-hybridized carbons (Fsp3) is 0.111. The molecule has 0 aliphatic heterocycles. The molecule has 0 fully saturated rings. The zero-order valence-corrected chi connectivity index (χ0v) is 13.7. The minimum absolute atomic E-state index is 0.838. The molecule has 4 aromatic rings. The highest BCUT2D eigenvalue weighted by atomic mass is 32.1. The van der Waals surface area contributed by atoms with Crippen LogP contribution in [0.5, 0.6) is 5.75 Å². The van der Waals surface area contributed by atoms with Crippen LogP contribution < -0.4 is 4.74 Å². The van der Waals surface area contributed by atoms with Crippen molar-refractivity contribution in [3.63, 3.8) is 0 Å². The average Bonchev–Trinajstić information content (AvgIpc) is 3.15. The molecule has 0 atom stereocenters. The summed E-state index contributed by atoms with van der Waals surface area (Å²) in [6.45, 7) is 2.07. The molecule has 114 valence electrons. The van der Waals surface area contributed by atoms with E-state index in [1.165, 1.54) is 5.56 Å². The van der Waals surface area contributed by atoms with E-state index >= 15 is 0 Å². The van der Waals surface area contributed by atoms with Gasteiger partial charge < -0.3 is 4.74 Å². The molecule has 23 heavy (non-hydrogen) atoms. The molecule has 5 heteroatoms. The Bertz CT molecular complexity index is 970. The maximum atomic E-state index is 5.24. The summed E-state index contributed by atoms with van der Waals surface area (Å²) in [4.78, 5) is 10.3. The van der Waals surface area contributed by atoms with Gasteiger partial charge in [-0.25, -0.2) is 4.98 Å². The second-order valence-electron chi connectivity index (χ2n) is 5.31. The van der Waals surface area contributed by atoms with Gasteiger partial charge in [0.1, 0.15) is 5.75 Å². The van der Waals surface area contributed by atoms with Crippen LogP contribution in [-0.4, -0.2) is 21.5 Å². The molecular formula is C18H15N3OS. The second-order valence-corrected chi connectivity index (χ2v) is 6.18. The van der Waals surface area contributed by atoms with Gasteiger partial charge in [0.25, 0.3) is 0 Å². The van der Waals surface area contributed by atoms with Crippen molar-refractivity contribution in [2.75, 3.05) is 7.11 Å². The number of hydrogen-bond acceptors (Lipinski definition) is 4. The largest absolute Gasteiger partial charge is 0.497 e. The third-order valence-corrected chi connectivity index (χ3v) is 4.54. The number of methoxy groups -OCH3 is 1. The lowest BCUT2D eigenvalue weighted by Gasteiger charge is -2.06. The number of nitrogens with zero attached hydrogens (tertiary/aromatic N) is 3. The average molecular weight is 321 g/mol. The van der Waals surface area contributed by atoms with E-state index in [0.717, 1.165) is 33.4 Å². The molecule has 0 radical (unpaired) electrons. The summed E-state index contributed by atoms with van der Waals surface area (Å²) in [6, 6.07) is 12.1. The van der Waals surface area contributed by atoms with Crippen LogP contribution in [0.3, 0.4) is 0 Å². The molecular weight excluding hydrogens is 306 g/mol. The Labute approximate surface area is 138 Å². The quantitative estimate of drug-likeness (QED) is 0.560. The predicted octanol–water partition coefficient (Wildman–Crippen LogP) is 4.44. The summed E-state index contributed by atoms with van der Waals surface area (Å²) in [5.41, 5.74) is 5.13. The van der Waals surface area contributed by atoms with Gasteiger partial charge in [0.2, 0.25) is 0 Å². The number of hydrogen-bond donors (Lipinski definition) is 0. The minimum Gasteiger partial charge on any atom is -0.497 e. The van der Waals surface area contributed by atoms with Gasteiger partial charge in [0.05, 0.1) is 24.2 Å². The molecule has 4 rings (SSSR count). The molecule has 0 unspecified atom stereocenters. The van der Waals surface area contributed by atoms with Crippen molar-refractivity contribution in [2.24, 2.45) is 0 Å². The Kier molecular flexibility index (Phi) is 3.35. The summed E-state index contributed by atoms with van der Waals surface area (Å²) in [5, 5.41) is 2.04. The zero-order chi connectivity index (χ0) is 15.8. The zero-order valence-electron chi connectivity index (χ0n) is 12.9. The molecule has 0 bridgehead atoms. The Morgan fingerprint density at radius 2 is 1.96 bits per heavy atom. The third kappa shape index (κ3) is 2.39. The van der Waals surface area contributed by atoms with Crippen molar-refractivity contribution in [3.8, 4) is 28.4 Å². The Hall–Kier alpha value is -2.66. The van der Waals surface area contributed by atoms with E-state index in [4.69, 9.17) is 9.72 Å². The smallest absolute Gasteiger partial charge is 0.194 e. The maximum Gasteiger partial charge on any atom is 0.194 e. The van der Waals surface area contributed by atoms with E-state index in [9.17, 15) is 0 Å². The summed E-state index contributed by atoms with van der Waals surface area (Å²) in [7, 11) is 1.67. The number of pyridine rings is 1. The van der Waals surface area contributed by atoms with Crippen molar-refractivity contribution >= 4 is 16.3 Å². The Morgan fingerprint density at radius 1 is 1.13 bits per heavy atom. The first-order valence-electron chi connectivity index (χ1n) is 7.29. The molecule has 0 aliphatic carbocycles. The van der Waals surface area contributed by atoms with Crippen LogP contribution in [0.4, 0.5) is 0 Å². The molecule has 3 heterocycles. The molecule has 4 nitrogen and oxygen atoms in total. The summed E-state index contributed by atoms with van der Waals surface area (Å²) in [5.74, 6) is 0.838. The molecule has 0 aliphatic rings. The SMILES string of the molecule is COc1ccc(-c2nc3sccn3c2-c2cc(C)ccn2)cc1. The van der Waals surface area contributed by atoms with Crippen LogP contribution in [0.25, 0.3) is 27.6 Å². The number of aromatic nitrogens is 3. The molecule has 3 aromatic heterocycles. The number of thiazole rings is 1. The van der Waals surface area contributed by atoms with Crippen LogP contribution in [0, 0.1) is 6.92 Å². The summed E-state index contributed by atoms with van der Waals surface area (Å²) < 4.78 is 7.35. The van der Waals surface area contributed by atoms with Gasteiger partial charge in [-0.15, -0.1) is 11.3 Å². The topological polar surface area (TPSA) is 39.4 Å². The monoisotopic (exact) mass is 321 g/mol. The van der Waals surface area contributed by atoms with Crippen molar-refractivity contribution in [1.29, 1.82) is 0 Å². The normalized spacial score (nSPS) is 11.0. The number of imidazole rings is 1. The standard InChI is InChI=1S/C18H15N3OS/c1-12-7-8-19-15(11-12)17-16(20-18-21(17)9-10-23-18)13-3-5-14(22-2)6-4-13/h3-11H,1-2H3. The predicted molar refractivity (Wildman–Crippen MR) is 93.0 cm³/mol. The van der Waals surface area contributed by atoms with E-state index in [1.807, 2.05) is 48.1 Å². The van der Waals surface area contributed by atoms with Crippen LogP contribution in [0.2, 0.25) is 0 Å². The van der Waals surface area contributed by atoms with Gasteiger partial charge >= 0.3 is 0 Å². The fourth-order valence-electron chi connectivity index (χ4n) is 2.65.